The number of methoxy groups -OCH3 is 1. The van der Waals surface area contributed by atoms with Crippen molar-refractivity contribution in [3.05, 3.63) is 77.9 Å². The number of benzene rings is 3. The van der Waals surface area contributed by atoms with Crippen molar-refractivity contribution in [2.24, 2.45) is 0 Å². The molecule has 8 heteroatoms. The second-order valence-electron chi connectivity index (χ2n) is 7.52. The topological polar surface area (TPSA) is 93.6 Å². The highest BCUT2D eigenvalue weighted by molar-refractivity contribution is 5.92. The number of nitrogens with zero attached hydrogens (tertiary/aromatic N) is 2. The summed E-state index contributed by atoms with van der Waals surface area (Å²) in [4.78, 5) is 20.0. The lowest BCUT2D eigenvalue weighted by molar-refractivity contribution is 0.0692. The van der Waals surface area contributed by atoms with E-state index in [-0.39, 0.29) is 22.9 Å². The van der Waals surface area contributed by atoms with Gasteiger partial charge < -0.3 is 19.9 Å². The first-order valence-corrected chi connectivity index (χ1v) is 10.8. The van der Waals surface area contributed by atoms with E-state index < -0.39 is 5.97 Å². The fraction of sp³-hybridized carbons (Fsp3) is 0.192. The van der Waals surface area contributed by atoms with E-state index in [9.17, 15) is 14.3 Å². The maximum atomic E-state index is 14.9. The Balaban J connectivity index is 1.52. The molecule has 2 N–H and O–H groups in total. The zero-order chi connectivity index (χ0) is 24.1. The van der Waals surface area contributed by atoms with Gasteiger partial charge in [0.25, 0.3) is 0 Å². The van der Waals surface area contributed by atoms with Gasteiger partial charge in [-0.2, -0.15) is 0 Å². The third-order valence-electron chi connectivity index (χ3n) is 5.40. The SMILES string of the molecule is CCOc1cc(-c2cc(NCCc3cc4ccccc4c(F)c3OC)ncn2)ccc1C(=O)O. The number of fused-ring (bicyclic) bond motifs is 1. The lowest BCUT2D eigenvalue weighted by Crippen LogP contribution is -2.08. The number of rotatable bonds is 9. The Morgan fingerprint density at radius 3 is 2.71 bits per heavy atom. The van der Waals surface area contributed by atoms with Gasteiger partial charge >= 0.3 is 5.97 Å². The Morgan fingerprint density at radius 2 is 1.94 bits per heavy atom. The Labute approximate surface area is 196 Å². The van der Waals surface area contributed by atoms with Crippen molar-refractivity contribution >= 4 is 22.6 Å². The summed E-state index contributed by atoms with van der Waals surface area (Å²) in [5, 5.41) is 13.9. The zero-order valence-electron chi connectivity index (χ0n) is 18.8. The van der Waals surface area contributed by atoms with Crippen molar-refractivity contribution < 1.29 is 23.8 Å². The number of carboxylic acids is 1. The molecule has 0 radical (unpaired) electrons. The molecule has 34 heavy (non-hydrogen) atoms. The van der Waals surface area contributed by atoms with E-state index in [0.29, 0.717) is 42.0 Å². The summed E-state index contributed by atoms with van der Waals surface area (Å²) in [5.41, 5.74) is 2.17. The highest BCUT2D eigenvalue weighted by Gasteiger charge is 2.15. The first kappa shape index (κ1) is 23.0. The molecule has 3 aromatic carbocycles. The summed E-state index contributed by atoms with van der Waals surface area (Å²) < 4.78 is 25.7. The van der Waals surface area contributed by atoms with Gasteiger partial charge in [0.2, 0.25) is 0 Å². The monoisotopic (exact) mass is 461 g/mol. The van der Waals surface area contributed by atoms with Crippen LogP contribution in [-0.2, 0) is 6.42 Å². The first-order chi connectivity index (χ1) is 16.5. The molecule has 0 aliphatic rings. The van der Waals surface area contributed by atoms with Crippen LogP contribution in [-0.4, -0.2) is 41.3 Å². The number of hydrogen-bond acceptors (Lipinski definition) is 6. The Bertz CT molecular complexity index is 1340. The number of nitrogens with one attached hydrogen (secondary N) is 1. The van der Waals surface area contributed by atoms with Crippen LogP contribution >= 0.6 is 0 Å². The van der Waals surface area contributed by atoms with Gasteiger partial charge in [-0.25, -0.2) is 19.2 Å². The normalized spacial score (nSPS) is 10.8. The minimum Gasteiger partial charge on any atom is -0.493 e. The van der Waals surface area contributed by atoms with Gasteiger partial charge in [0.15, 0.2) is 11.6 Å². The maximum absolute atomic E-state index is 14.9. The van der Waals surface area contributed by atoms with Gasteiger partial charge in [0.05, 0.1) is 19.4 Å². The number of carbonyl (C=O) groups is 1. The number of aromatic carboxylic acids is 1. The summed E-state index contributed by atoms with van der Waals surface area (Å²) in [5.74, 6) is -0.308. The molecule has 174 valence electrons. The quantitative estimate of drug-likeness (QED) is 0.354. The number of aromatic nitrogens is 2. The summed E-state index contributed by atoms with van der Waals surface area (Å²) in [6.07, 6.45) is 1.95. The summed E-state index contributed by atoms with van der Waals surface area (Å²) in [6, 6.07) is 15.8. The average Bonchev–Trinajstić information content (AvgIpc) is 2.84. The first-order valence-electron chi connectivity index (χ1n) is 10.8. The van der Waals surface area contributed by atoms with E-state index in [1.165, 1.54) is 19.5 Å². The number of carboxylic acid groups (broad SMARTS) is 1. The molecule has 4 aromatic rings. The van der Waals surface area contributed by atoms with Gasteiger partial charge in [0, 0.05) is 23.6 Å². The molecule has 0 atom stereocenters. The highest BCUT2D eigenvalue weighted by atomic mass is 19.1. The Kier molecular flexibility index (Phi) is 6.87. The third kappa shape index (κ3) is 4.76. The molecule has 0 spiro atoms. The molecule has 1 heterocycles. The van der Waals surface area contributed by atoms with Crippen LogP contribution in [0.5, 0.6) is 11.5 Å². The summed E-state index contributed by atoms with van der Waals surface area (Å²) >= 11 is 0. The molecular formula is C26H24FN3O4. The largest absolute Gasteiger partial charge is 0.493 e. The van der Waals surface area contributed by atoms with Gasteiger partial charge in [0.1, 0.15) is 23.5 Å². The molecule has 0 aliphatic carbocycles. The molecule has 0 fully saturated rings. The lowest BCUT2D eigenvalue weighted by atomic mass is 10.0. The highest BCUT2D eigenvalue weighted by Crippen LogP contribution is 2.31. The van der Waals surface area contributed by atoms with Crippen LogP contribution in [0.15, 0.2) is 60.9 Å². The molecule has 0 aliphatic heterocycles. The van der Waals surface area contributed by atoms with E-state index in [1.807, 2.05) is 18.2 Å². The number of hydrogen-bond donors (Lipinski definition) is 2. The van der Waals surface area contributed by atoms with Gasteiger partial charge in [-0.3, -0.25) is 0 Å². The molecule has 0 amide bonds. The minimum atomic E-state index is -1.06. The van der Waals surface area contributed by atoms with Crippen molar-refractivity contribution in [2.75, 3.05) is 25.6 Å². The molecule has 1 aromatic heterocycles. The molecule has 4 rings (SSSR count). The smallest absolute Gasteiger partial charge is 0.339 e. The van der Waals surface area contributed by atoms with Crippen LogP contribution < -0.4 is 14.8 Å². The van der Waals surface area contributed by atoms with Crippen molar-refractivity contribution in [3.8, 4) is 22.8 Å². The number of halogens is 1. The van der Waals surface area contributed by atoms with Gasteiger partial charge in [-0.1, -0.05) is 30.3 Å². The Hall–Kier alpha value is -4.20. The molecule has 0 saturated carbocycles. The maximum Gasteiger partial charge on any atom is 0.339 e. The standard InChI is InChI=1S/C26H24FN3O4/c1-3-34-22-13-17(8-9-20(22)26(31)32)21-14-23(30-15-29-21)28-11-10-18-12-16-6-4-5-7-19(16)24(27)25(18)33-2/h4-9,12-15H,3,10-11H2,1-2H3,(H,31,32)(H,28,29,30). The van der Waals surface area contributed by atoms with Crippen LogP contribution in [0.4, 0.5) is 10.2 Å². The lowest BCUT2D eigenvalue weighted by Gasteiger charge is -2.13. The van der Waals surface area contributed by atoms with Crippen LogP contribution in [0.2, 0.25) is 0 Å². The molecule has 0 saturated heterocycles. The van der Waals surface area contributed by atoms with Crippen molar-refractivity contribution in [3.63, 3.8) is 0 Å². The summed E-state index contributed by atoms with van der Waals surface area (Å²) in [7, 11) is 1.47. The Morgan fingerprint density at radius 1 is 1.12 bits per heavy atom. The van der Waals surface area contributed by atoms with Crippen LogP contribution in [0.1, 0.15) is 22.8 Å². The second kappa shape index (κ2) is 10.2. The number of ether oxygens (including phenoxy) is 2. The molecular weight excluding hydrogens is 437 g/mol. The van der Waals surface area contributed by atoms with E-state index in [4.69, 9.17) is 9.47 Å². The van der Waals surface area contributed by atoms with E-state index in [1.54, 1.807) is 37.3 Å². The minimum absolute atomic E-state index is 0.0922. The van der Waals surface area contributed by atoms with Gasteiger partial charge in [-0.05, 0) is 42.5 Å². The van der Waals surface area contributed by atoms with Crippen LogP contribution in [0.3, 0.4) is 0 Å². The van der Waals surface area contributed by atoms with E-state index in [0.717, 1.165) is 10.9 Å². The third-order valence-corrected chi connectivity index (χ3v) is 5.40. The molecule has 7 nitrogen and oxygen atoms in total. The fourth-order valence-electron chi connectivity index (χ4n) is 3.82. The summed E-state index contributed by atoms with van der Waals surface area (Å²) in [6.45, 7) is 2.63. The predicted molar refractivity (Wildman–Crippen MR) is 128 cm³/mol. The number of anilines is 1. The van der Waals surface area contributed by atoms with Crippen molar-refractivity contribution in [1.29, 1.82) is 0 Å². The predicted octanol–water partition coefficient (Wildman–Crippen LogP) is 5.20. The molecule has 0 unspecified atom stereocenters. The van der Waals surface area contributed by atoms with E-state index >= 15 is 0 Å². The van der Waals surface area contributed by atoms with Crippen LogP contribution in [0.25, 0.3) is 22.0 Å². The second-order valence-corrected chi connectivity index (χ2v) is 7.52. The van der Waals surface area contributed by atoms with Crippen LogP contribution in [0, 0.1) is 5.82 Å². The van der Waals surface area contributed by atoms with Crippen molar-refractivity contribution in [2.45, 2.75) is 13.3 Å². The molecule has 0 bridgehead atoms. The van der Waals surface area contributed by atoms with E-state index in [2.05, 4.69) is 15.3 Å². The van der Waals surface area contributed by atoms with Gasteiger partial charge in [-0.15, -0.1) is 0 Å². The zero-order valence-corrected chi connectivity index (χ0v) is 18.8. The fourth-order valence-corrected chi connectivity index (χ4v) is 3.82. The van der Waals surface area contributed by atoms with Crippen molar-refractivity contribution in [1.82, 2.24) is 9.97 Å². The average molecular weight is 461 g/mol.